The molecule has 1 aliphatic rings. The first-order valence-electron chi connectivity index (χ1n) is 8.52. The molecule has 0 saturated heterocycles. The molecule has 0 unspecified atom stereocenters. The molecule has 0 fully saturated rings. The van der Waals surface area contributed by atoms with Crippen molar-refractivity contribution in [2.75, 3.05) is 11.9 Å². The molecule has 2 aromatic rings. The Kier molecular flexibility index (Phi) is 4.98. The van der Waals surface area contributed by atoms with E-state index >= 15 is 0 Å². The maximum atomic E-state index is 13.1. The van der Waals surface area contributed by atoms with E-state index in [9.17, 15) is 13.2 Å². The van der Waals surface area contributed by atoms with E-state index in [1.54, 1.807) is 18.2 Å². The number of nitrogens with one attached hydrogen (secondary N) is 1. The SMILES string of the molecule is CCN(Cc1ccccc1)S(=O)(=O)c1ccc2c(c1)C(=C(C)C)C(=O)N2. The minimum absolute atomic E-state index is 0.189. The maximum Gasteiger partial charge on any atom is 0.256 e. The van der Waals surface area contributed by atoms with Crippen molar-refractivity contribution < 1.29 is 13.2 Å². The van der Waals surface area contributed by atoms with Gasteiger partial charge in [-0.05, 0) is 37.6 Å². The summed E-state index contributed by atoms with van der Waals surface area (Å²) < 4.78 is 27.7. The monoisotopic (exact) mass is 370 g/mol. The van der Waals surface area contributed by atoms with Crippen LogP contribution in [0.3, 0.4) is 0 Å². The van der Waals surface area contributed by atoms with E-state index in [-0.39, 0.29) is 10.8 Å². The molecule has 136 valence electrons. The zero-order valence-corrected chi connectivity index (χ0v) is 15.9. The van der Waals surface area contributed by atoms with Crippen LogP contribution < -0.4 is 5.32 Å². The van der Waals surface area contributed by atoms with Gasteiger partial charge in [-0.3, -0.25) is 4.79 Å². The fourth-order valence-electron chi connectivity index (χ4n) is 3.11. The van der Waals surface area contributed by atoms with Crippen molar-refractivity contribution in [3.05, 3.63) is 65.2 Å². The summed E-state index contributed by atoms with van der Waals surface area (Å²) in [4.78, 5) is 12.3. The Bertz CT molecular complexity index is 975. The summed E-state index contributed by atoms with van der Waals surface area (Å²) in [5, 5.41) is 2.79. The number of benzene rings is 2. The predicted molar refractivity (Wildman–Crippen MR) is 103 cm³/mol. The molecule has 0 radical (unpaired) electrons. The van der Waals surface area contributed by atoms with Crippen LogP contribution in [-0.2, 0) is 21.4 Å². The number of fused-ring (bicyclic) bond motifs is 1. The number of nitrogens with zero attached hydrogens (tertiary/aromatic N) is 1. The molecule has 0 atom stereocenters. The van der Waals surface area contributed by atoms with Crippen molar-refractivity contribution in [1.82, 2.24) is 4.31 Å². The van der Waals surface area contributed by atoms with Crippen LogP contribution in [0.4, 0.5) is 5.69 Å². The molecule has 3 rings (SSSR count). The zero-order chi connectivity index (χ0) is 18.9. The summed E-state index contributed by atoms with van der Waals surface area (Å²) in [5.41, 5.74) is 3.62. The van der Waals surface area contributed by atoms with Crippen LogP contribution in [-0.4, -0.2) is 25.2 Å². The average Bonchev–Trinajstić information content (AvgIpc) is 2.95. The zero-order valence-electron chi connectivity index (χ0n) is 15.1. The van der Waals surface area contributed by atoms with Gasteiger partial charge in [-0.2, -0.15) is 4.31 Å². The third-order valence-corrected chi connectivity index (χ3v) is 6.34. The highest BCUT2D eigenvalue weighted by molar-refractivity contribution is 7.89. The van der Waals surface area contributed by atoms with Crippen molar-refractivity contribution in [3.63, 3.8) is 0 Å². The van der Waals surface area contributed by atoms with Gasteiger partial charge >= 0.3 is 0 Å². The van der Waals surface area contributed by atoms with Gasteiger partial charge in [0, 0.05) is 29.9 Å². The average molecular weight is 370 g/mol. The molecule has 1 heterocycles. The van der Waals surface area contributed by atoms with Crippen LogP contribution in [0.25, 0.3) is 5.57 Å². The quantitative estimate of drug-likeness (QED) is 0.817. The number of anilines is 1. The Hall–Kier alpha value is -2.44. The van der Waals surface area contributed by atoms with E-state index < -0.39 is 10.0 Å². The lowest BCUT2D eigenvalue weighted by Crippen LogP contribution is -2.30. The van der Waals surface area contributed by atoms with Crippen LogP contribution in [0.15, 0.2) is 59.0 Å². The Morgan fingerprint density at radius 1 is 1.08 bits per heavy atom. The number of hydrogen-bond donors (Lipinski definition) is 1. The summed E-state index contributed by atoms with van der Waals surface area (Å²) in [6.07, 6.45) is 0. The fourth-order valence-corrected chi connectivity index (χ4v) is 4.57. The Morgan fingerprint density at radius 2 is 1.77 bits per heavy atom. The molecule has 0 spiro atoms. The van der Waals surface area contributed by atoms with Crippen molar-refractivity contribution in [3.8, 4) is 0 Å². The summed E-state index contributed by atoms with van der Waals surface area (Å²) in [5.74, 6) is -0.189. The normalized spacial score (nSPS) is 13.7. The molecule has 0 saturated carbocycles. The van der Waals surface area contributed by atoms with Crippen LogP contribution in [0.5, 0.6) is 0 Å². The van der Waals surface area contributed by atoms with Gasteiger partial charge in [0.25, 0.3) is 5.91 Å². The van der Waals surface area contributed by atoms with Crippen molar-refractivity contribution in [2.24, 2.45) is 0 Å². The number of carbonyl (C=O) groups excluding carboxylic acids is 1. The largest absolute Gasteiger partial charge is 0.321 e. The maximum absolute atomic E-state index is 13.1. The fraction of sp³-hybridized carbons (Fsp3) is 0.250. The van der Waals surface area contributed by atoms with E-state index in [0.717, 1.165) is 11.1 Å². The van der Waals surface area contributed by atoms with Crippen LogP contribution in [0.2, 0.25) is 0 Å². The Morgan fingerprint density at radius 3 is 2.38 bits per heavy atom. The molecular weight excluding hydrogens is 348 g/mol. The minimum atomic E-state index is -3.67. The van der Waals surface area contributed by atoms with Gasteiger partial charge in [0.1, 0.15) is 0 Å². The summed E-state index contributed by atoms with van der Waals surface area (Å²) in [6.45, 7) is 6.18. The minimum Gasteiger partial charge on any atom is -0.321 e. The lowest BCUT2D eigenvalue weighted by Gasteiger charge is -2.21. The molecule has 0 aliphatic carbocycles. The van der Waals surface area contributed by atoms with Gasteiger partial charge in [0.2, 0.25) is 10.0 Å². The second-order valence-corrected chi connectivity index (χ2v) is 8.39. The van der Waals surface area contributed by atoms with Crippen LogP contribution in [0, 0.1) is 0 Å². The highest BCUT2D eigenvalue weighted by Crippen LogP contribution is 2.36. The number of hydrogen-bond acceptors (Lipinski definition) is 3. The third kappa shape index (κ3) is 3.30. The number of carbonyl (C=O) groups is 1. The first-order valence-corrected chi connectivity index (χ1v) is 9.96. The lowest BCUT2D eigenvalue weighted by atomic mass is 10.0. The predicted octanol–water partition coefficient (Wildman–Crippen LogP) is 3.64. The van der Waals surface area contributed by atoms with Gasteiger partial charge < -0.3 is 5.32 Å². The first kappa shape index (κ1) is 18.4. The molecule has 5 nitrogen and oxygen atoms in total. The first-order chi connectivity index (χ1) is 12.3. The molecule has 0 aromatic heterocycles. The second-order valence-electron chi connectivity index (χ2n) is 6.45. The van der Waals surface area contributed by atoms with Crippen molar-refractivity contribution in [1.29, 1.82) is 0 Å². The van der Waals surface area contributed by atoms with E-state index in [2.05, 4.69) is 5.32 Å². The highest BCUT2D eigenvalue weighted by Gasteiger charge is 2.29. The smallest absolute Gasteiger partial charge is 0.256 e. The third-order valence-electron chi connectivity index (χ3n) is 4.43. The lowest BCUT2D eigenvalue weighted by molar-refractivity contribution is -0.110. The molecule has 1 aliphatic heterocycles. The molecule has 0 bridgehead atoms. The van der Waals surface area contributed by atoms with E-state index in [0.29, 0.717) is 29.9 Å². The topological polar surface area (TPSA) is 66.5 Å². The molecule has 1 amide bonds. The second kappa shape index (κ2) is 7.05. The molecule has 6 heteroatoms. The van der Waals surface area contributed by atoms with Crippen molar-refractivity contribution in [2.45, 2.75) is 32.2 Å². The van der Waals surface area contributed by atoms with E-state index in [4.69, 9.17) is 0 Å². The summed E-state index contributed by atoms with van der Waals surface area (Å²) >= 11 is 0. The number of rotatable bonds is 5. The van der Waals surface area contributed by atoms with Gasteiger partial charge in [-0.25, -0.2) is 8.42 Å². The van der Waals surface area contributed by atoms with Gasteiger partial charge in [-0.15, -0.1) is 0 Å². The van der Waals surface area contributed by atoms with E-state index in [1.807, 2.05) is 51.1 Å². The number of allylic oxidation sites excluding steroid dienone is 1. The standard InChI is InChI=1S/C20H22N2O3S/c1-4-22(13-15-8-6-5-7-9-15)26(24,25)16-10-11-18-17(12-16)19(14(2)3)20(23)21-18/h5-12H,4,13H2,1-3H3,(H,21,23). The summed E-state index contributed by atoms with van der Waals surface area (Å²) in [7, 11) is -3.67. The van der Waals surface area contributed by atoms with Gasteiger partial charge in [0.15, 0.2) is 0 Å². The Labute approximate surface area is 154 Å². The van der Waals surface area contributed by atoms with Gasteiger partial charge in [-0.1, -0.05) is 42.8 Å². The van der Waals surface area contributed by atoms with Crippen LogP contribution >= 0.6 is 0 Å². The number of sulfonamides is 1. The van der Waals surface area contributed by atoms with Crippen LogP contribution in [0.1, 0.15) is 31.9 Å². The Balaban J connectivity index is 2.00. The molecule has 2 aromatic carbocycles. The summed E-state index contributed by atoms with van der Waals surface area (Å²) in [6, 6.07) is 14.3. The molecule has 26 heavy (non-hydrogen) atoms. The highest BCUT2D eigenvalue weighted by atomic mass is 32.2. The van der Waals surface area contributed by atoms with E-state index in [1.165, 1.54) is 4.31 Å². The molecular formula is C20H22N2O3S. The molecule has 1 N–H and O–H groups in total. The van der Waals surface area contributed by atoms with Crippen molar-refractivity contribution >= 4 is 27.2 Å². The van der Waals surface area contributed by atoms with Gasteiger partial charge in [0.05, 0.1) is 4.90 Å². The number of amides is 1.